The summed E-state index contributed by atoms with van der Waals surface area (Å²) in [6.07, 6.45) is 2.61. The van der Waals surface area contributed by atoms with E-state index in [2.05, 4.69) is 32.8 Å². The summed E-state index contributed by atoms with van der Waals surface area (Å²) >= 11 is 3.19. The molecule has 1 aliphatic heterocycles. The summed E-state index contributed by atoms with van der Waals surface area (Å²) in [5, 5.41) is 0. The van der Waals surface area contributed by atoms with E-state index in [1.165, 1.54) is 25.9 Å². The first-order valence-electron chi connectivity index (χ1n) is 7.19. The number of nitrogens with two attached hydrogens (primary N) is 1. The Bertz CT molecular complexity index is 435. The van der Waals surface area contributed by atoms with Crippen molar-refractivity contribution in [1.82, 2.24) is 9.80 Å². The monoisotopic (exact) mass is 343 g/mol. The Hall–Kier alpha value is -0.490. The normalized spacial score (nSPS) is 17.9. The summed E-state index contributed by atoms with van der Waals surface area (Å²) in [4.78, 5) is 4.70. The molecule has 1 aliphatic rings. The SMILES string of the molecule is CN(CCN1CCCC1)C(CN)c1ccc(Br)c(F)c1. The van der Waals surface area contributed by atoms with Crippen LogP contribution in [0.3, 0.4) is 0 Å². The van der Waals surface area contributed by atoms with E-state index in [-0.39, 0.29) is 11.9 Å². The molecule has 0 spiro atoms. The fraction of sp³-hybridized carbons (Fsp3) is 0.600. The molecule has 0 amide bonds. The Kier molecular flexibility index (Phi) is 5.96. The Labute approximate surface area is 129 Å². The first-order valence-corrected chi connectivity index (χ1v) is 7.98. The van der Waals surface area contributed by atoms with Crippen molar-refractivity contribution < 1.29 is 4.39 Å². The maximum atomic E-state index is 13.7. The van der Waals surface area contributed by atoms with Crippen LogP contribution in [0.2, 0.25) is 0 Å². The highest BCUT2D eigenvalue weighted by Gasteiger charge is 2.18. The summed E-state index contributed by atoms with van der Waals surface area (Å²) in [7, 11) is 2.06. The third kappa shape index (κ3) is 4.01. The number of halogens is 2. The second-order valence-corrected chi connectivity index (χ2v) is 6.31. The highest BCUT2D eigenvalue weighted by atomic mass is 79.9. The standard InChI is InChI=1S/C15H23BrFN3/c1-19(8-9-20-6-2-3-7-20)15(11-18)12-4-5-13(16)14(17)10-12/h4-5,10,15H,2-3,6-9,11,18H2,1H3. The zero-order chi connectivity index (χ0) is 14.5. The van der Waals surface area contributed by atoms with Gasteiger partial charge in [0.2, 0.25) is 0 Å². The largest absolute Gasteiger partial charge is 0.329 e. The van der Waals surface area contributed by atoms with Gasteiger partial charge in [-0.2, -0.15) is 0 Å². The van der Waals surface area contributed by atoms with Gasteiger partial charge < -0.3 is 10.6 Å². The Balaban J connectivity index is 1.96. The number of likely N-dealkylation sites (N-methyl/N-ethyl adjacent to an activating group) is 1. The molecule has 1 unspecified atom stereocenters. The fourth-order valence-electron chi connectivity index (χ4n) is 2.75. The smallest absolute Gasteiger partial charge is 0.137 e. The van der Waals surface area contributed by atoms with Crippen LogP contribution in [0.4, 0.5) is 4.39 Å². The van der Waals surface area contributed by atoms with Crippen LogP contribution in [0.15, 0.2) is 22.7 Å². The lowest BCUT2D eigenvalue weighted by Gasteiger charge is -2.29. The van der Waals surface area contributed by atoms with E-state index in [1.807, 2.05) is 6.07 Å². The van der Waals surface area contributed by atoms with Gasteiger partial charge in [-0.25, -0.2) is 4.39 Å². The van der Waals surface area contributed by atoms with Gasteiger partial charge >= 0.3 is 0 Å². The molecule has 0 bridgehead atoms. The number of nitrogens with zero attached hydrogens (tertiary/aromatic N) is 2. The van der Waals surface area contributed by atoms with Crippen LogP contribution in [0.1, 0.15) is 24.4 Å². The van der Waals surface area contributed by atoms with Crippen molar-refractivity contribution in [1.29, 1.82) is 0 Å². The highest BCUT2D eigenvalue weighted by molar-refractivity contribution is 9.10. The fourth-order valence-corrected chi connectivity index (χ4v) is 3.00. The lowest BCUT2D eigenvalue weighted by molar-refractivity contribution is 0.209. The number of benzene rings is 1. The molecule has 0 aliphatic carbocycles. The highest BCUT2D eigenvalue weighted by Crippen LogP contribution is 2.23. The molecule has 5 heteroatoms. The van der Waals surface area contributed by atoms with E-state index in [9.17, 15) is 4.39 Å². The molecule has 1 aromatic carbocycles. The number of rotatable bonds is 6. The lowest BCUT2D eigenvalue weighted by Crippen LogP contribution is -2.36. The van der Waals surface area contributed by atoms with Gasteiger partial charge in [0.1, 0.15) is 5.82 Å². The summed E-state index contributed by atoms with van der Waals surface area (Å²) in [6, 6.07) is 5.34. The van der Waals surface area contributed by atoms with Crippen LogP contribution in [0.25, 0.3) is 0 Å². The summed E-state index contributed by atoms with van der Waals surface area (Å²) in [6.45, 7) is 4.92. The number of likely N-dealkylation sites (tertiary alicyclic amines) is 1. The van der Waals surface area contributed by atoms with Crippen molar-refractivity contribution in [2.24, 2.45) is 5.73 Å². The van der Waals surface area contributed by atoms with Crippen molar-refractivity contribution in [2.45, 2.75) is 18.9 Å². The molecule has 1 heterocycles. The van der Waals surface area contributed by atoms with Gasteiger partial charge in [-0.3, -0.25) is 4.90 Å². The molecule has 0 saturated carbocycles. The van der Waals surface area contributed by atoms with Crippen LogP contribution in [0, 0.1) is 5.82 Å². The first-order chi connectivity index (χ1) is 9.61. The third-order valence-corrected chi connectivity index (χ3v) is 4.69. The van der Waals surface area contributed by atoms with Crippen LogP contribution < -0.4 is 5.73 Å². The Morgan fingerprint density at radius 2 is 2.10 bits per heavy atom. The zero-order valence-electron chi connectivity index (χ0n) is 12.0. The quantitative estimate of drug-likeness (QED) is 0.861. The molecule has 0 aromatic heterocycles. The molecule has 0 radical (unpaired) electrons. The van der Waals surface area contributed by atoms with Crippen molar-refractivity contribution in [3.63, 3.8) is 0 Å². The molecule has 1 fully saturated rings. The molecule has 1 atom stereocenters. The Morgan fingerprint density at radius 1 is 1.40 bits per heavy atom. The molecule has 2 rings (SSSR count). The van der Waals surface area contributed by atoms with E-state index in [0.717, 1.165) is 18.7 Å². The van der Waals surface area contributed by atoms with Crippen LogP contribution >= 0.6 is 15.9 Å². The minimum atomic E-state index is -0.228. The van der Waals surface area contributed by atoms with Crippen LogP contribution in [-0.4, -0.2) is 49.6 Å². The lowest BCUT2D eigenvalue weighted by atomic mass is 10.1. The third-order valence-electron chi connectivity index (χ3n) is 4.05. The van der Waals surface area contributed by atoms with E-state index < -0.39 is 0 Å². The molecule has 20 heavy (non-hydrogen) atoms. The molecule has 2 N–H and O–H groups in total. The van der Waals surface area contributed by atoms with Gasteiger partial charge in [-0.15, -0.1) is 0 Å². The molecule has 1 aromatic rings. The molecule has 3 nitrogen and oxygen atoms in total. The van der Waals surface area contributed by atoms with Crippen molar-refractivity contribution >= 4 is 15.9 Å². The summed E-state index contributed by atoms with van der Waals surface area (Å²) in [5.74, 6) is -0.228. The van der Waals surface area contributed by atoms with Crippen molar-refractivity contribution in [2.75, 3.05) is 39.8 Å². The maximum Gasteiger partial charge on any atom is 0.137 e. The van der Waals surface area contributed by atoms with Gasteiger partial charge in [0, 0.05) is 25.7 Å². The van der Waals surface area contributed by atoms with E-state index in [4.69, 9.17) is 5.73 Å². The molecule has 1 saturated heterocycles. The average Bonchev–Trinajstić information content (AvgIpc) is 2.94. The van der Waals surface area contributed by atoms with E-state index >= 15 is 0 Å². The minimum Gasteiger partial charge on any atom is -0.329 e. The van der Waals surface area contributed by atoms with E-state index in [1.54, 1.807) is 12.1 Å². The van der Waals surface area contributed by atoms with Gasteiger partial charge in [0.25, 0.3) is 0 Å². The van der Waals surface area contributed by atoms with Gasteiger partial charge in [-0.05, 0) is 66.6 Å². The van der Waals surface area contributed by atoms with Gasteiger partial charge in [-0.1, -0.05) is 6.07 Å². The minimum absolute atomic E-state index is 0.0696. The van der Waals surface area contributed by atoms with Crippen LogP contribution in [0.5, 0.6) is 0 Å². The van der Waals surface area contributed by atoms with Crippen LogP contribution in [-0.2, 0) is 0 Å². The second kappa shape index (κ2) is 7.50. The topological polar surface area (TPSA) is 32.5 Å². The van der Waals surface area contributed by atoms with Crippen molar-refractivity contribution in [3.8, 4) is 0 Å². The second-order valence-electron chi connectivity index (χ2n) is 5.45. The summed E-state index contributed by atoms with van der Waals surface area (Å²) < 4.78 is 14.2. The maximum absolute atomic E-state index is 13.7. The summed E-state index contributed by atoms with van der Waals surface area (Å²) in [5.41, 5.74) is 6.83. The van der Waals surface area contributed by atoms with Gasteiger partial charge in [0.15, 0.2) is 0 Å². The predicted octanol–water partition coefficient (Wildman–Crippen LogP) is 2.62. The predicted molar refractivity (Wildman–Crippen MR) is 84.2 cm³/mol. The molecular formula is C15H23BrFN3. The zero-order valence-corrected chi connectivity index (χ0v) is 13.6. The van der Waals surface area contributed by atoms with Gasteiger partial charge in [0.05, 0.1) is 4.47 Å². The first kappa shape index (κ1) is 15.9. The Morgan fingerprint density at radius 3 is 2.70 bits per heavy atom. The van der Waals surface area contributed by atoms with E-state index in [0.29, 0.717) is 11.0 Å². The number of hydrogen-bond acceptors (Lipinski definition) is 3. The molecular weight excluding hydrogens is 321 g/mol. The molecule has 112 valence electrons. The van der Waals surface area contributed by atoms with Crippen molar-refractivity contribution in [3.05, 3.63) is 34.1 Å². The number of hydrogen-bond donors (Lipinski definition) is 1. The average molecular weight is 344 g/mol.